The zero-order chi connectivity index (χ0) is 12.0. The Bertz CT molecular complexity index is 196. The second kappa shape index (κ2) is 6.87. The van der Waals surface area contributed by atoms with Crippen molar-refractivity contribution in [1.29, 1.82) is 0 Å². The quantitative estimate of drug-likeness (QED) is 0.700. The van der Waals surface area contributed by atoms with Crippen LogP contribution in [0.4, 0.5) is 0 Å². The Hall–Kier alpha value is 0.270. The largest absolute Gasteiger partial charge is 0.377 e. The number of unbranched alkanes of at least 4 members (excludes halogenated alkanes) is 1. The van der Waals surface area contributed by atoms with Crippen LogP contribution in [0.25, 0.3) is 0 Å². The average molecular weight is 245 g/mol. The van der Waals surface area contributed by atoms with E-state index in [2.05, 4.69) is 32.5 Å². The highest BCUT2D eigenvalue weighted by Gasteiger charge is 2.24. The number of thioether (sulfide) groups is 1. The molecule has 0 bridgehead atoms. The van der Waals surface area contributed by atoms with Gasteiger partial charge in [0.05, 0.1) is 6.10 Å². The summed E-state index contributed by atoms with van der Waals surface area (Å²) in [5.41, 5.74) is 6.04. The molecule has 0 spiro atoms. The molecule has 1 heterocycles. The molecule has 1 aliphatic heterocycles. The zero-order valence-corrected chi connectivity index (χ0v) is 11.8. The SMILES string of the molecule is CC1OCCC1SCCCCC(C)(C)CN. The van der Waals surface area contributed by atoms with E-state index in [1.807, 2.05) is 0 Å². The third-order valence-corrected chi connectivity index (χ3v) is 5.01. The minimum Gasteiger partial charge on any atom is -0.377 e. The van der Waals surface area contributed by atoms with Gasteiger partial charge in [0.15, 0.2) is 0 Å². The van der Waals surface area contributed by atoms with Crippen molar-refractivity contribution in [3.63, 3.8) is 0 Å². The van der Waals surface area contributed by atoms with E-state index in [1.54, 1.807) is 0 Å². The summed E-state index contributed by atoms with van der Waals surface area (Å²) in [4.78, 5) is 0. The van der Waals surface area contributed by atoms with Gasteiger partial charge in [-0.3, -0.25) is 0 Å². The van der Waals surface area contributed by atoms with Gasteiger partial charge in [0.25, 0.3) is 0 Å². The van der Waals surface area contributed by atoms with E-state index in [4.69, 9.17) is 10.5 Å². The van der Waals surface area contributed by atoms with E-state index in [-0.39, 0.29) is 0 Å². The predicted molar refractivity (Wildman–Crippen MR) is 73.0 cm³/mol. The van der Waals surface area contributed by atoms with Crippen molar-refractivity contribution in [2.75, 3.05) is 18.9 Å². The number of ether oxygens (including phenoxy) is 1. The van der Waals surface area contributed by atoms with Crippen LogP contribution >= 0.6 is 11.8 Å². The molecule has 0 aromatic rings. The Morgan fingerprint density at radius 2 is 2.12 bits per heavy atom. The molecule has 96 valence electrons. The topological polar surface area (TPSA) is 35.2 Å². The number of hydrogen-bond acceptors (Lipinski definition) is 3. The summed E-state index contributed by atoms with van der Waals surface area (Å²) < 4.78 is 5.56. The van der Waals surface area contributed by atoms with E-state index in [1.165, 1.54) is 31.4 Å². The second-order valence-corrected chi connectivity index (χ2v) is 6.95. The highest BCUT2D eigenvalue weighted by molar-refractivity contribution is 7.99. The molecule has 0 saturated carbocycles. The Balaban J connectivity index is 2.00. The van der Waals surface area contributed by atoms with Crippen molar-refractivity contribution in [1.82, 2.24) is 0 Å². The van der Waals surface area contributed by atoms with Crippen molar-refractivity contribution >= 4 is 11.8 Å². The normalized spacial score (nSPS) is 26.2. The minimum absolute atomic E-state index is 0.328. The zero-order valence-electron chi connectivity index (χ0n) is 11.0. The fourth-order valence-corrected chi connectivity index (χ4v) is 3.26. The van der Waals surface area contributed by atoms with Crippen LogP contribution in [0.2, 0.25) is 0 Å². The summed E-state index contributed by atoms with van der Waals surface area (Å²) in [6.07, 6.45) is 5.57. The number of nitrogens with two attached hydrogens (primary N) is 1. The molecule has 3 heteroatoms. The maximum atomic E-state index is 5.72. The first-order chi connectivity index (χ1) is 7.55. The second-order valence-electron chi connectivity index (χ2n) is 5.60. The summed E-state index contributed by atoms with van der Waals surface area (Å²) in [5, 5.41) is 0.738. The molecule has 2 atom stereocenters. The van der Waals surface area contributed by atoms with Crippen LogP contribution in [0.5, 0.6) is 0 Å². The van der Waals surface area contributed by atoms with Crippen LogP contribution in [-0.2, 0) is 4.74 Å². The van der Waals surface area contributed by atoms with Crippen molar-refractivity contribution in [2.24, 2.45) is 11.1 Å². The molecule has 0 aliphatic carbocycles. The fraction of sp³-hybridized carbons (Fsp3) is 1.00. The van der Waals surface area contributed by atoms with Gasteiger partial charge in [0.2, 0.25) is 0 Å². The van der Waals surface area contributed by atoms with Gasteiger partial charge in [-0.25, -0.2) is 0 Å². The van der Waals surface area contributed by atoms with Crippen LogP contribution in [0, 0.1) is 5.41 Å². The smallest absolute Gasteiger partial charge is 0.0666 e. The first-order valence-electron chi connectivity index (χ1n) is 6.48. The third kappa shape index (κ3) is 5.07. The third-order valence-electron chi connectivity index (χ3n) is 3.44. The maximum Gasteiger partial charge on any atom is 0.0666 e. The van der Waals surface area contributed by atoms with Crippen LogP contribution in [0.15, 0.2) is 0 Å². The molecule has 1 fully saturated rings. The molecular formula is C13H27NOS. The highest BCUT2D eigenvalue weighted by atomic mass is 32.2. The Morgan fingerprint density at radius 1 is 1.38 bits per heavy atom. The molecule has 0 radical (unpaired) electrons. The van der Waals surface area contributed by atoms with Crippen molar-refractivity contribution in [2.45, 2.75) is 57.8 Å². The first-order valence-corrected chi connectivity index (χ1v) is 7.53. The maximum absolute atomic E-state index is 5.72. The van der Waals surface area contributed by atoms with Gasteiger partial charge in [0.1, 0.15) is 0 Å². The molecule has 16 heavy (non-hydrogen) atoms. The molecule has 1 saturated heterocycles. The fourth-order valence-electron chi connectivity index (χ4n) is 1.97. The van der Waals surface area contributed by atoms with Gasteiger partial charge >= 0.3 is 0 Å². The summed E-state index contributed by atoms with van der Waals surface area (Å²) in [6.45, 7) is 8.47. The van der Waals surface area contributed by atoms with Crippen molar-refractivity contribution in [3.8, 4) is 0 Å². The molecule has 2 N–H and O–H groups in total. The van der Waals surface area contributed by atoms with Gasteiger partial charge in [-0.1, -0.05) is 20.3 Å². The minimum atomic E-state index is 0.328. The summed E-state index contributed by atoms with van der Waals surface area (Å²) >= 11 is 2.09. The van der Waals surface area contributed by atoms with Crippen LogP contribution < -0.4 is 5.73 Å². The Kier molecular flexibility index (Phi) is 6.16. The molecule has 2 unspecified atom stereocenters. The van der Waals surface area contributed by atoms with E-state index in [9.17, 15) is 0 Å². The molecule has 0 amide bonds. The number of rotatable bonds is 7. The van der Waals surface area contributed by atoms with Crippen molar-refractivity contribution in [3.05, 3.63) is 0 Å². The molecule has 1 rings (SSSR count). The molecule has 0 aromatic heterocycles. The summed E-state index contributed by atoms with van der Waals surface area (Å²) in [5.74, 6) is 1.28. The standard InChI is InChI=1S/C13H27NOS/c1-11-12(6-8-15-11)16-9-5-4-7-13(2,3)10-14/h11-12H,4-10,14H2,1-3H3. The van der Waals surface area contributed by atoms with Gasteiger partial charge in [-0.15, -0.1) is 0 Å². The Labute approximate surface area is 105 Å². The molecular weight excluding hydrogens is 218 g/mol. The number of hydrogen-bond donors (Lipinski definition) is 1. The van der Waals surface area contributed by atoms with Gasteiger partial charge in [0, 0.05) is 11.9 Å². The first kappa shape index (κ1) is 14.3. The lowest BCUT2D eigenvalue weighted by Crippen LogP contribution is -2.23. The average Bonchev–Trinajstić information content (AvgIpc) is 2.64. The van der Waals surface area contributed by atoms with Gasteiger partial charge in [-0.2, -0.15) is 11.8 Å². The van der Waals surface area contributed by atoms with Gasteiger partial charge < -0.3 is 10.5 Å². The molecule has 1 aliphatic rings. The summed E-state index contributed by atoms with van der Waals surface area (Å²) in [6, 6.07) is 0. The van der Waals surface area contributed by atoms with Gasteiger partial charge in [-0.05, 0) is 43.9 Å². The van der Waals surface area contributed by atoms with Crippen molar-refractivity contribution < 1.29 is 4.74 Å². The molecule has 2 nitrogen and oxygen atoms in total. The predicted octanol–water partition coefficient (Wildman–Crippen LogP) is 3.05. The van der Waals surface area contributed by atoms with Crippen LogP contribution in [-0.4, -0.2) is 30.3 Å². The lowest BCUT2D eigenvalue weighted by molar-refractivity contribution is 0.127. The Morgan fingerprint density at radius 3 is 2.69 bits per heavy atom. The van der Waals surface area contributed by atoms with E-state index >= 15 is 0 Å². The highest BCUT2D eigenvalue weighted by Crippen LogP contribution is 2.28. The van der Waals surface area contributed by atoms with E-state index in [0.717, 1.165) is 18.4 Å². The monoisotopic (exact) mass is 245 g/mol. The molecule has 0 aromatic carbocycles. The summed E-state index contributed by atoms with van der Waals surface area (Å²) in [7, 11) is 0. The van der Waals surface area contributed by atoms with Crippen LogP contribution in [0.3, 0.4) is 0 Å². The van der Waals surface area contributed by atoms with E-state index < -0.39 is 0 Å². The lowest BCUT2D eigenvalue weighted by Gasteiger charge is -2.22. The van der Waals surface area contributed by atoms with E-state index in [0.29, 0.717) is 11.5 Å². The lowest BCUT2D eigenvalue weighted by atomic mass is 9.88. The van der Waals surface area contributed by atoms with Crippen LogP contribution in [0.1, 0.15) is 46.5 Å².